The van der Waals surface area contributed by atoms with Gasteiger partial charge in [0.25, 0.3) is 33.4 Å². The van der Waals surface area contributed by atoms with E-state index in [0.29, 0.717) is 0 Å². The van der Waals surface area contributed by atoms with E-state index < -0.39 is 321 Å². The molecule has 0 spiro atoms. The van der Waals surface area contributed by atoms with Gasteiger partial charge in [-0.25, -0.2) is 33.6 Å². The molecular weight excluding hydrogens is 2170 g/mol. The summed E-state index contributed by atoms with van der Waals surface area (Å²) >= 11 is 37.8. The van der Waals surface area contributed by atoms with Gasteiger partial charge in [-0.2, -0.15) is 4.98 Å². The third-order valence-corrected chi connectivity index (χ3v) is 34.5. The van der Waals surface area contributed by atoms with E-state index >= 15 is 0 Å². The van der Waals surface area contributed by atoms with Gasteiger partial charge in [-0.15, -0.1) is 0 Å². The summed E-state index contributed by atoms with van der Waals surface area (Å²) in [5.41, 5.74) is -4.55. The molecule has 28 atom stereocenters. The molecule has 7 unspecified atom stereocenters. The van der Waals surface area contributed by atoms with Crippen molar-refractivity contribution in [3.8, 4) is 0 Å². The first-order valence-corrected chi connectivity index (χ1v) is 60.7. The fraction of sp³-hybridized carbons (Fsp3) is 0.611. The number of anilines is 1. The maximum Gasteiger partial charge on any atom is 0.351 e. The zero-order valence-corrected chi connectivity index (χ0v) is 87.5. The fourth-order valence-electron chi connectivity index (χ4n) is 16.1. The number of nitrogen functional groups attached to an aromatic ring is 1. The third-order valence-electron chi connectivity index (χ3n) is 23.4. The number of aromatic nitrogens is 14. The Morgan fingerprint density at radius 3 is 0.824 bits per heavy atom. The zero-order valence-electron chi connectivity index (χ0n) is 75.5. The molecule has 56 nitrogen and oxygen atoms in total. The predicted molar refractivity (Wildman–Crippen MR) is 506 cm³/mol. The van der Waals surface area contributed by atoms with Gasteiger partial charge in [-0.3, -0.25) is 95.2 Å². The molecule has 0 bridgehead atoms. The highest BCUT2D eigenvalue weighted by Gasteiger charge is 2.50. The number of aromatic amines is 6. The lowest BCUT2D eigenvalue weighted by atomic mass is 10.1. The maximum atomic E-state index is 14.9. The number of nitrogens with one attached hydrogen (secondary N) is 6. The molecule has 7 aromatic heterocycles. The van der Waals surface area contributed by atoms with Gasteiger partial charge in [0.2, 0.25) is 0 Å². The summed E-state index contributed by atoms with van der Waals surface area (Å²) in [5, 5.41) is 0. The first-order chi connectivity index (χ1) is 66.4. The molecular formula is C72H93N15O41P7S7-5. The van der Waals surface area contributed by atoms with Gasteiger partial charge >= 0.3 is 53.3 Å². The van der Waals surface area contributed by atoms with Crippen molar-refractivity contribution in [1.29, 1.82) is 0 Å². The molecule has 142 heavy (non-hydrogen) atoms. The van der Waals surface area contributed by atoms with Gasteiger partial charge in [0.1, 0.15) is 113 Å². The molecule has 0 aliphatic carbocycles. The molecule has 0 aromatic carbocycles. The van der Waals surface area contributed by atoms with Crippen molar-refractivity contribution in [3.05, 3.63) is 218 Å². The van der Waals surface area contributed by atoms with Crippen molar-refractivity contribution < 1.29 is 130 Å². The van der Waals surface area contributed by atoms with Crippen LogP contribution in [0.25, 0.3) is 0 Å². The van der Waals surface area contributed by atoms with Gasteiger partial charge in [0.05, 0.1) is 88.5 Å². The Kier molecular flexibility index (Phi) is 35.5. The van der Waals surface area contributed by atoms with E-state index in [9.17, 15) is 96.3 Å². The van der Waals surface area contributed by atoms with Crippen LogP contribution in [-0.2, 0) is 184 Å². The highest BCUT2D eigenvalue weighted by atomic mass is 32.7. The molecule has 7 aliphatic rings. The van der Waals surface area contributed by atoms with Crippen molar-refractivity contribution in [2.75, 3.05) is 52.5 Å². The molecule has 10 N–H and O–H groups in total. The average Bonchev–Trinajstić information content (AvgIpc) is 1.58. The van der Waals surface area contributed by atoms with Crippen LogP contribution in [0.1, 0.15) is 141 Å². The highest BCUT2D eigenvalue weighted by molar-refractivity contribution is 8.32. The van der Waals surface area contributed by atoms with Crippen molar-refractivity contribution in [2.24, 2.45) is 0 Å². The highest BCUT2D eigenvalue weighted by Crippen LogP contribution is 2.57. The Morgan fingerprint density at radius 2 is 0.563 bits per heavy atom. The van der Waals surface area contributed by atoms with E-state index in [4.69, 9.17) is 185 Å². The minimum absolute atomic E-state index is 0.00910. The van der Waals surface area contributed by atoms with Crippen LogP contribution in [0.5, 0.6) is 0 Å². The lowest BCUT2D eigenvalue weighted by Gasteiger charge is -2.36. The third kappa shape index (κ3) is 27.5. The summed E-state index contributed by atoms with van der Waals surface area (Å²) in [5.74, 6) is -0.176. The molecule has 784 valence electrons. The number of hydrogen-bond acceptors (Lipinski definition) is 48. The molecule has 70 heteroatoms. The zero-order chi connectivity index (χ0) is 103. The minimum atomic E-state index is -5.09. The second-order valence-electron chi connectivity index (χ2n) is 33.5. The molecule has 7 aliphatic heterocycles. The van der Waals surface area contributed by atoms with Gasteiger partial charge < -0.3 is 144 Å². The molecule has 7 aromatic rings. The van der Waals surface area contributed by atoms with Gasteiger partial charge in [-0.05, 0) is 78.5 Å². The quantitative estimate of drug-likeness (QED) is 0.0142. The SMILES string of the molecule is CC[C@H]1O[C@@H](n2cc(C)c(=O)[nH]c2=O)C[C@H]1OP([O-])(=S)OC[C@H]1O[C@@H](n2cc(C)c(=O)[nH]c2=O)C[C@H]1OP(=O)([S-])OC[C@H]1O[C@@H](n2cc(C)c(=O)[nH]c2=O)C[C@H]1OP([O-])(=S)OC[C@H]1O[C@@H](n2cc(C)c(=O)[nH]c2=O)C[C@H]1OP([O-])(=S)OC[C@H]1O[C@@H](n2cc(C)c(N)nc2=O)C[C@H]1OP([O-])(=S)OC[C@H]1O[C@@H](n2cc(C)c(=O)[nH]c2=O)C[C@H]1OP(O)(=S)OC[C@H]1O[C@@H](n2cc(C)c(=O)[nH]c2=O)C[C@H]1OP(O)(=S)OC. The summed E-state index contributed by atoms with van der Waals surface area (Å²) in [6.45, 7) is -27.2. The van der Waals surface area contributed by atoms with Crippen molar-refractivity contribution >= 4 is 136 Å². The molecule has 0 amide bonds. The largest absolute Gasteiger partial charge is 0.780 e. The molecule has 7 saturated heterocycles. The Morgan fingerprint density at radius 1 is 0.352 bits per heavy atom. The fourth-order valence-corrected chi connectivity index (χ4v) is 25.9. The topological polar surface area (TPSA) is 734 Å². The minimum Gasteiger partial charge on any atom is -0.780 e. The lowest BCUT2D eigenvalue weighted by molar-refractivity contribution is -0.221. The van der Waals surface area contributed by atoms with E-state index in [0.717, 1.165) is 63.9 Å². The van der Waals surface area contributed by atoms with Crippen LogP contribution in [0.3, 0.4) is 0 Å². The molecule has 14 rings (SSSR count). The van der Waals surface area contributed by atoms with E-state index in [1.165, 1.54) is 67.1 Å². The van der Waals surface area contributed by atoms with Crippen molar-refractivity contribution in [3.63, 3.8) is 0 Å². The van der Waals surface area contributed by atoms with Crippen molar-refractivity contribution in [2.45, 2.75) is 236 Å². The van der Waals surface area contributed by atoms with Crippen LogP contribution in [0.2, 0.25) is 0 Å². The Bertz CT molecular complexity index is 7180. The monoisotopic (exact) mass is 2260 g/mol. The number of nitrogens with two attached hydrogens (primary N) is 1. The van der Waals surface area contributed by atoms with Crippen LogP contribution >= 0.6 is 47.1 Å². The summed E-state index contributed by atoms with van der Waals surface area (Å²) in [7, 11) is 1.07. The second-order valence-corrected chi connectivity index (χ2v) is 52.7. The summed E-state index contributed by atoms with van der Waals surface area (Å²) in [6.07, 6.45) is -24.0. The van der Waals surface area contributed by atoms with Gasteiger partial charge in [0, 0.05) is 134 Å². The standard InChI is InChI=1S/C72H98N15O41P7S7/c1-10-38-39(11-52(115-38)82-19-32(3)60(88)75-67(82)95)123-130(102,137)109-26-48-42(14-55(118-48)84-21-34(5)62(90)77-69(84)97)126-134(106,141)113-29-51-45(17-58(121-51)87-24-37(8)65(93)80-72(87)100)128-135(107,142)114-30-50-44(16-57(120-50)86-23-36(7)64(92)79-71(86)99)127-133(105,140)111-27-47-41(13-53(117-47)81-18-31(2)59(73)74-66(81)94)124-132(104,139)112-28-49-43(15-56(119-49)85-22-35(6)63(91)78-70(85)98)125-131(103,138)110-25-46-40(122-129(101,136)108-9)12-54(116-46)83-20-33(4)61(89)76-68(83)96/h18-24,38-58H,10-17,25-30H2,1-9H3,(H,101,136)(H,102,137)(H,103,138)(H,104,139)(H,105,140)(H,106,141)(H,107,142)(H2,73,74,94)(H,75,88,95)(H,76,89,96)(H,77,90,97)(H,78,91,98)(H,79,92,99)(H,80,93,100)/p-5/t38-,39-,40-,41-,42-,43-,44-,45-,46-,47-,48-,49-,50-,51-,52-,53-,54-,55-,56-,57-,58-,129?,130?,131?,132?,133?,134?,135?/m1/s1. The van der Waals surface area contributed by atoms with E-state index in [1.54, 1.807) is 6.92 Å². The summed E-state index contributed by atoms with van der Waals surface area (Å²) in [6, 6.07) is 0. The molecule has 0 radical (unpaired) electrons. The number of H-pyrrole nitrogens is 6. The maximum absolute atomic E-state index is 14.9. The number of aryl methyl sites for hydroxylation is 7. The normalized spacial score (nSPS) is 29.8. The van der Waals surface area contributed by atoms with Gasteiger partial charge in [0.15, 0.2) is 6.80 Å². The van der Waals surface area contributed by atoms with Crippen LogP contribution in [0.15, 0.2) is 106 Å². The van der Waals surface area contributed by atoms with E-state index in [1.807, 2.05) is 0 Å². The number of ether oxygens (including phenoxy) is 7. The smallest absolute Gasteiger partial charge is 0.351 e. The van der Waals surface area contributed by atoms with Crippen LogP contribution in [0.4, 0.5) is 5.82 Å². The number of rotatable bonds is 41. The first-order valence-electron chi connectivity index (χ1n) is 42.7. The van der Waals surface area contributed by atoms with Crippen LogP contribution in [-0.4, -0.2) is 209 Å². The van der Waals surface area contributed by atoms with E-state index in [2.05, 4.69) is 34.9 Å². The van der Waals surface area contributed by atoms with Crippen molar-refractivity contribution in [1.82, 2.24) is 66.9 Å². The predicted octanol–water partition coefficient (Wildman–Crippen LogP) is -2.42. The Hall–Kier alpha value is -5.84. The van der Waals surface area contributed by atoms with Crippen LogP contribution < -0.4 is 98.5 Å². The first kappa shape index (κ1) is 112. The number of nitrogens with zero attached hydrogens (tertiary/aromatic N) is 8. The molecule has 14 heterocycles. The Labute approximate surface area is 834 Å². The average molecular weight is 2270 g/mol. The Balaban J connectivity index is 0.665. The number of hydrogen-bond donors (Lipinski definition) is 9. The van der Waals surface area contributed by atoms with Crippen LogP contribution in [0, 0.1) is 48.5 Å². The second kappa shape index (κ2) is 45.1. The summed E-state index contributed by atoms with van der Waals surface area (Å²) in [4.78, 5) is 266. The molecule has 7 fully saturated rings. The van der Waals surface area contributed by atoms with Gasteiger partial charge in [-0.1, -0.05) is 54.2 Å². The summed E-state index contributed by atoms with van der Waals surface area (Å²) < 4.78 is 146. The lowest BCUT2D eigenvalue weighted by Crippen LogP contribution is -2.34. The molecule has 0 saturated carbocycles. The van der Waals surface area contributed by atoms with E-state index in [-0.39, 0.29) is 64.0 Å².